The van der Waals surface area contributed by atoms with Crippen molar-refractivity contribution in [1.29, 1.82) is 0 Å². The number of hydrogen-bond donors (Lipinski definition) is 0. The molecule has 2 aromatic rings. The van der Waals surface area contributed by atoms with Gasteiger partial charge >= 0.3 is 0 Å². The lowest BCUT2D eigenvalue weighted by Crippen LogP contribution is -1.91. The molecular weight excluding hydrogens is 392 g/mol. The molecule has 0 amide bonds. The third kappa shape index (κ3) is 5.13. The van der Waals surface area contributed by atoms with Crippen molar-refractivity contribution in [2.75, 3.05) is 6.54 Å². The number of benzene rings is 2. The van der Waals surface area contributed by atoms with Gasteiger partial charge < -0.3 is 0 Å². The summed E-state index contributed by atoms with van der Waals surface area (Å²) in [5.74, 6) is 0. The van der Waals surface area contributed by atoms with Crippen molar-refractivity contribution in [2.24, 2.45) is 4.99 Å². The molecule has 0 saturated carbocycles. The van der Waals surface area contributed by atoms with E-state index in [1.165, 1.54) is 9.13 Å². The normalized spacial score (nSPS) is 11.1. The Morgan fingerprint density at radius 1 is 1.00 bits per heavy atom. The Bertz CT molecular complexity index is 559. The molecule has 98 valence electrons. The first-order valence-electron chi connectivity index (χ1n) is 5.84. The lowest BCUT2D eigenvalue weighted by atomic mass is 10.1. The van der Waals surface area contributed by atoms with Crippen molar-refractivity contribution in [3.63, 3.8) is 0 Å². The first-order chi connectivity index (χ1) is 9.13. The summed E-state index contributed by atoms with van der Waals surface area (Å²) >= 11 is 14.2. The second kappa shape index (κ2) is 7.27. The van der Waals surface area contributed by atoms with Gasteiger partial charge in [0.2, 0.25) is 0 Å². The van der Waals surface area contributed by atoms with Gasteiger partial charge in [0, 0.05) is 26.4 Å². The number of halogens is 3. The molecule has 0 aliphatic carbocycles. The zero-order valence-electron chi connectivity index (χ0n) is 10.1. The van der Waals surface area contributed by atoms with Gasteiger partial charge in [-0.3, -0.25) is 4.99 Å². The van der Waals surface area contributed by atoms with Gasteiger partial charge in [0.15, 0.2) is 0 Å². The van der Waals surface area contributed by atoms with Crippen LogP contribution in [0.3, 0.4) is 0 Å². The van der Waals surface area contributed by atoms with E-state index in [-0.39, 0.29) is 0 Å². The Morgan fingerprint density at radius 3 is 2.26 bits per heavy atom. The molecule has 2 rings (SSSR count). The van der Waals surface area contributed by atoms with E-state index >= 15 is 0 Å². The van der Waals surface area contributed by atoms with Gasteiger partial charge in [-0.1, -0.05) is 35.3 Å². The minimum atomic E-state index is 0.631. The van der Waals surface area contributed by atoms with Crippen molar-refractivity contribution in [3.05, 3.63) is 67.2 Å². The fourth-order valence-corrected chi connectivity index (χ4v) is 2.57. The predicted octanol–water partition coefficient (Wildman–Crippen LogP) is 5.26. The summed E-state index contributed by atoms with van der Waals surface area (Å²) in [6, 6.07) is 13.9. The Kier molecular flexibility index (Phi) is 5.67. The van der Waals surface area contributed by atoms with Crippen LogP contribution < -0.4 is 0 Å². The minimum Gasteiger partial charge on any atom is -0.292 e. The molecule has 0 aromatic heterocycles. The highest BCUT2D eigenvalue weighted by Crippen LogP contribution is 2.17. The number of nitrogens with zero attached hydrogens (tertiary/aromatic N) is 1. The van der Waals surface area contributed by atoms with Crippen LogP contribution in [0.2, 0.25) is 10.0 Å². The van der Waals surface area contributed by atoms with Gasteiger partial charge in [-0.25, -0.2) is 0 Å². The van der Waals surface area contributed by atoms with Crippen molar-refractivity contribution in [2.45, 2.75) is 6.42 Å². The van der Waals surface area contributed by atoms with Gasteiger partial charge in [-0.2, -0.15) is 0 Å². The highest BCUT2D eigenvalue weighted by Gasteiger charge is 1.96. The summed E-state index contributed by atoms with van der Waals surface area (Å²) in [7, 11) is 0. The molecular formula is C15H12Cl2IN. The van der Waals surface area contributed by atoms with Gasteiger partial charge in [-0.15, -0.1) is 0 Å². The molecule has 4 heteroatoms. The molecule has 0 atom stereocenters. The Morgan fingerprint density at radius 2 is 1.63 bits per heavy atom. The van der Waals surface area contributed by atoms with Crippen molar-refractivity contribution < 1.29 is 0 Å². The summed E-state index contributed by atoms with van der Waals surface area (Å²) in [4.78, 5) is 4.40. The molecule has 0 saturated heterocycles. The lowest BCUT2D eigenvalue weighted by molar-refractivity contribution is 0.973. The number of aliphatic imine (C=N–C) groups is 1. The van der Waals surface area contributed by atoms with Gasteiger partial charge in [0.05, 0.1) is 0 Å². The van der Waals surface area contributed by atoms with Crippen LogP contribution in [0.4, 0.5) is 0 Å². The van der Waals surface area contributed by atoms with Crippen LogP contribution in [-0.2, 0) is 6.42 Å². The van der Waals surface area contributed by atoms with Crippen LogP contribution in [0.25, 0.3) is 0 Å². The summed E-state index contributed by atoms with van der Waals surface area (Å²) in [5.41, 5.74) is 2.22. The van der Waals surface area contributed by atoms with Crippen molar-refractivity contribution in [1.82, 2.24) is 0 Å². The molecule has 0 aliphatic heterocycles. The van der Waals surface area contributed by atoms with E-state index < -0.39 is 0 Å². The monoisotopic (exact) mass is 403 g/mol. The van der Waals surface area contributed by atoms with Crippen molar-refractivity contribution in [3.8, 4) is 0 Å². The van der Waals surface area contributed by atoms with E-state index in [9.17, 15) is 0 Å². The second-order valence-corrected chi connectivity index (χ2v) is 6.23. The number of rotatable bonds is 4. The summed E-state index contributed by atoms with van der Waals surface area (Å²) < 4.78 is 1.25. The van der Waals surface area contributed by atoms with E-state index in [0.29, 0.717) is 10.0 Å². The molecule has 0 unspecified atom stereocenters. The van der Waals surface area contributed by atoms with E-state index in [2.05, 4.69) is 51.8 Å². The molecule has 0 N–H and O–H groups in total. The maximum absolute atomic E-state index is 5.93. The molecule has 0 bridgehead atoms. The maximum Gasteiger partial charge on any atom is 0.0429 e. The molecule has 19 heavy (non-hydrogen) atoms. The highest BCUT2D eigenvalue weighted by atomic mass is 127. The standard InChI is InChI=1S/C15H12Cl2IN/c16-13-7-12(8-14(17)9-13)10-19-6-5-11-1-3-15(18)4-2-11/h1-4,7-10H,5-6H2. The molecule has 2 aromatic carbocycles. The third-order valence-corrected chi connectivity index (χ3v) is 3.72. The van der Waals surface area contributed by atoms with E-state index in [1.54, 1.807) is 6.07 Å². The van der Waals surface area contributed by atoms with Crippen LogP contribution in [0, 0.1) is 3.57 Å². The zero-order valence-corrected chi connectivity index (χ0v) is 13.8. The van der Waals surface area contributed by atoms with Crippen LogP contribution in [0.1, 0.15) is 11.1 Å². The first kappa shape index (κ1) is 14.8. The summed E-state index contributed by atoms with van der Waals surface area (Å²) in [6.07, 6.45) is 2.74. The Hall–Kier alpha value is -0.580. The topological polar surface area (TPSA) is 12.4 Å². The molecule has 0 fully saturated rings. The quantitative estimate of drug-likeness (QED) is 0.487. The molecule has 0 spiro atoms. The predicted molar refractivity (Wildman–Crippen MR) is 91.8 cm³/mol. The smallest absolute Gasteiger partial charge is 0.0429 e. The molecule has 1 nitrogen and oxygen atoms in total. The first-order valence-corrected chi connectivity index (χ1v) is 7.67. The SMILES string of the molecule is Clc1cc(Cl)cc(C=NCCc2ccc(I)cc2)c1. The molecule has 0 heterocycles. The fourth-order valence-electron chi connectivity index (χ4n) is 1.66. The largest absolute Gasteiger partial charge is 0.292 e. The maximum atomic E-state index is 5.93. The van der Waals surface area contributed by atoms with Crippen LogP contribution >= 0.6 is 45.8 Å². The van der Waals surface area contributed by atoms with Crippen molar-refractivity contribution >= 4 is 52.0 Å². The Balaban J connectivity index is 1.91. The summed E-state index contributed by atoms with van der Waals surface area (Å²) in [6.45, 7) is 0.755. The third-order valence-electron chi connectivity index (χ3n) is 2.57. The Labute approximate surface area is 136 Å². The minimum absolute atomic E-state index is 0.631. The van der Waals surface area contributed by atoms with Gasteiger partial charge in [0.1, 0.15) is 0 Å². The van der Waals surface area contributed by atoms with E-state index in [1.807, 2.05) is 18.3 Å². The zero-order chi connectivity index (χ0) is 13.7. The van der Waals surface area contributed by atoms with Gasteiger partial charge in [0.25, 0.3) is 0 Å². The average Bonchev–Trinajstić information content (AvgIpc) is 2.36. The number of hydrogen-bond acceptors (Lipinski definition) is 1. The highest BCUT2D eigenvalue weighted by molar-refractivity contribution is 14.1. The lowest BCUT2D eigenvalue weighted by Gasteiger charge is -1.99. The van der Waals surface area contributed by atoms with Crippen LogP contribution in [0.15, 0.2) is 47.5 Å². The second-order valence-electron chi connectivity index (χ2n) is 4.11. The fraction of sp³-hybridized carbons (Fsp3) is 0.133. The summed E-state index contributed by atoms with van der Waals surface area (Å²) in [5, 5.41) is 1.26. The van der Waals surface area contributed by atoms with E-state index in [4.69, 9.17) is 23.2 Å². The van der Waals surface area contributed by atoms with Crippen LogP contribution in [-0.4, -0.2) is 12.8 Å². The van der Waals surface area contributed by atoms with Crippen LogP contribution in [0.5, 0.6) is 0 Å². The molecule has 0 radical (unpaired) electrons. The average molecular weight is 404 g/mol. The van der Waals surface area contributed by atoms with E-state index in [0.717, 1.165) is 18.5 Å². The van der Waals surface area contributed by atoms with Gasteiger partial charge in [-0.05, 0) is 70.5 Å². The molecule has 0 aliphatic rings.